The molecule has 0 aliphatic heterocycles. The van der Waals surface area contributed by atoms with E-state index in [2.05, 4.69) is 4.74 Å². The molecule has 0 fully saturated rings. The Labute approximate surface area is 89.5 Å². The molecule has 88 valence electrons. The lowest BCUT2D eigenvalue weighted by molar-refractivity contribution is -0.274. The summed E-state index contributed by atoms with van der Waals surface area (Å²) in [4.78, 5) is 10.1. The van der Waals surface area contributed by atoms with E-state index in [0.29, 0.717) is 11.8 Å². The topological polar surface area (TPSA) is 46.5 Å². The van der Waals surface area contributed by atoms with Crippen molar-refractivity contribution in [1.29, 1.82) is 0 Å². The number of alkyl halides is 3. The number of hydrogen-bond acceptors (Lipinski definition) is 3. The normalized spacial score (nSPS) is 11.2. The van der Waals surface area contributed by atoms with Crippen LogP contribution in [-0.4, -0.2) is 17.8 Å². The van der Waals surface area contributed by atoms with Crippen LogP contribution in [0.1, 0.15) is 12.0 Å². The van der Waals surface area contributed by atoms with E-state index in [4.69, 9.17) is 0 Å². The standard InChI is InChI=1S/C10H9F3O3/c11-10(12,13)16-8-4-3-7(2-1-5-14)9(15)6-8/h3-6,15H,1-2H2. The Hall–Kier alpha value is -1.72. The molecular weight excluding hydrogens is 225 g/mol. The molecule has 0 unspecified atom stereocenters. The first-order valence-corrected chi connectivity index (χ1v) is 4.43. The van der Waals surface area contributed by atoms with Gasteiger partial charge in [0.25, 0.3) is 0 Å². The average molecular weight is 234 g/mol. The molecule has 0 spiro atoms. The fourth-order valence-electron chi connectivity index (χ4n) is 1.17. The summed E-state index contributed by atoms with van der Waals surface area (Å²) in [6, 6.07) is 3.25. The molecule has 0 saturated heterocycles. The molecule has 0 aliphatic carbocycles. The lowest BCUT2D eigenvalue weighted by Crippen LogP contribution is -2.17. The van der Waals surface area contributed by atoms with E-state index in [0.717, 1.165) is 12.1 Å². The van der Waals surface area contributed by atoms with Crippen LogP contribution in [0.15, 0.2) is 18.2 Å². The largest absolute Gasteiger partial charge is 0.573 e. The average Bonchev–Trinajstić information content (AvgIpc) is 2.14. The summed E-state index contributed by atoms with van der Waals surface area (Å²) < 4.78 is 39.1. The summed E-state index contributed by atoms with van der Waals surface area (Å²) in [5, 5.41) is 9.35. The number of aromatic hydroxyl groups is 1. The quantitative estimate of drug-likeness (QED) is 0.814. The minimum absolute atomic E-state index is 0.201. The molecule has 0 atom stereocenters. The molecule has 0 heterocycles. The fraction of sp³-hybridized carbons (Fsp3) is 0.300. The van der Waals surface area contributed by atoms with Gasteiger partial charge in [0.2, 0.25) is 0 Å². The first kappa shape index (κ1) is 12.4. The van der Waals surface area contributed by atoms with E-state index in [9.17, 15) is 23.1 Å². The molecular formula is C10H9F3O3. The Balaban J connectivity index is 2.78. The van der Waals surface area contributed by atoms with Crippen molar-refractivity contribution in [3.05, 3.63) is 23.8 Å². The third kappa shape index (κ3) is 3.80. The van der Waals surface area contributed by atoms with E-state index in [1.54, 1.807) is 0 Å². The number of hydrogen-bond donors (Lipinski definition) is 1. The van der Waals surface area contributed by atoms with Crippen molar-refractivity contribution >= 4 is 6.29 Å². The monoisotopic (exact) mass is 234 g/mol. The Bertz CT molecular complexity index is 374. The lowest BCUT2D eigenvalue weighted by Gasteiger charge is -2.10. The highest BCUT2D eigenvalue weighted by Gasteiger charge is 2.31. The van der Waals surface area contributed by atoms with Crippen LogP contribution in [0, 0.1) is 0 Å². The molecule has 0 aromatic heterocycles. The number of aldehydes is 1. The van der Waals surface area contributed by atoms with Crippen LogP contribution in [0.4, 0.5) is 13.2 Å². The number of phenolic OH excluding ortho intramolecular Hbond substituents is 1. The highest BCUT2D eigenvalue weighted by atomic mass is 19.4. The summed E-state index contributed by atoms with van der Waals surface area (Å²) in [6.45, 7) is 0. The van der Waals surface area contributed by atoms with Crippen molar-refractivity contribution in [2.24, 2.45) is 0 Å². The van der Waals surface area contributed by atoms with Crippen LogP contribution >= 0.6 is 0 Å². The molecule has 1 rings (SSSR count). The zero-order valence-electron chi connectivity index (χ0n) is 8.12. The van der Waals surface area contributed by atoms with Crippen molar-refractivity contribution in [3.8, 4) is 11.5 Å². The first-order valence-electron chi connectivity index (χ1n) is 4.43. The molecule has 0 amide bonds. The number of halogens is 3. The molecule has 0 aliphatic rings. The zero-order valence-corrected chi connectivity index (χ0v) is 8.12. The number of carbonyl (C=O) groups is 1. The van der Waals surface area contributed by atoms with Gasteiger partial charge in [-0.2, -0.15) is 0 Å². The van der Waals surface area contributed by atoms with Crippen LogP contribution in [0.25, 0.3) is 0 Å². The van der Waals surface area contributed by atoms with Gasteiger partial charge in [0, 0.05) is 12.5 Å². The number of carbonyl (C=O) groups excluding carboxylic acids is 1. The number of benzene rings is 1. The van der Waals surface area contributed by atoms with Crippen LogP contribution in [0.2, 0.25) is 0 Å². The Morgan fingerprint density at radius 3 is 2.56 bits per heavy atom. The van der Waals surface area contributed by atoms with Gasteiger partial charge in [-0.3, -0.25) is 0 Å². The third-order valence-electron chi connectivity index (χ3n) is 1.82. The zero-order chi connectivity index (χ0) is 12.2. The van der Waals surface area contributed by atoms with E-state index in [1.165, 1.54) is 6.07 Å². The van der Waals surface area contributed by atoms with Gasteiger partial charge >= 0.3 is 6.36 Å². The van der Waals surface area contributed by atoms with E-state index in [-0.39, 0.29) is 18.6 Å². The van der Waals surface area contributed by atoms with Gasteiger partial charge in [-0.05, 0) is 18.1 Å². The smallest absolute Gasteiger partial charge is 0.508 e. The van der Waals surface area contributed by atoms with Gasteiger partial charge in [-0.25, -0.2) is 0 Å². The maximum absolute atomic E-state index is 11.8. The Morgan fingerprint density at radius 1 is 1.38 bits per heavy atom. The van der Waals surface area contributed by atoms with Gasteiger partial charge in [-0.1, -0.05) is 6.07 Å². The number of aryl methyl sites for hydroxylation is 1. The maximum Gasteiger partial charge on any atom is 0.573 e. The molecule has 6 heteroatoms. The first-order chi connectivity index (χ1) is 7.42. The van der Waals surface area contributed by atoms with Crippen molar-refractivity contribution < 1.29 is 27.8 Å². The summed E-state index contributed by atoms with van der Waals surface area (Å²) in [6.07, 6.45) is -3.63. The third-order valence-corrected chi connectivity index (χ3v) is 1.82. The van der Waals surface area contributed by atoms with E-state index >= 15 is 0 Å². The second-order valence-electron chi connectivity index (χ2n) is 3.04. The molecule has 16 heavy (non-hydrogen) atoms. The van der Waals surface area contributed by atoms with Crippen molar-refractivity contribution in [3.63, 3.8) is 0 Å². The van der Waals surface area contributed by atoms with Gasteiger partial charge < -0.3 is 14.6 Å². The molecule has 1 aromatic rings. The van der Waals surface area contributed by atoms with Gasteiger partial charge in [0.1, 0.15) is 17.8 Å². The minimum atomic E-state index is -4.78. The van der Waals surface area contributed by atoms with E-state index < -0.39 is 12.1 Å². The van der Waals surface area contributed by atoms with Crippen molar-refractivity contribution in [2.75, 3.05) is 0 Å². The second kappa shape index (κ2) is 4.87. The molecule has 3 nitrogen and oxygen atoms in total. The summed E-state index contributed by atoms with van der Waals surface area (Å²) in [5.41, 5.74) is 0.404. The molecule has 0 saturated carbocycles. The molecule has 0 radical (unpaired) electrons. The number of ether oxygens (including phenoxy) is 1. The van der Waals surface area contributed by atoms with Crippen LogP contribution in [-0.2, 0) is 11.2 Å². The highest BCUT2D eigenvalue weighted by Crippen LogP contribution is 2.28. The van der Waals surface area contributed by atoms with Crippen molar-refractivity contribution in [2.45, 2.75) is 19.2 Å². The maximum atomic E-state index is 11.8. The van der Waals surface area contributed by atoms with Crippen LogP contribution in [0.3, 0.4) is 0 Å². The summed E-state index contributed by atoms with van der Waals surface area (Å²) >= 11 is 0. The van der Waals surface area contributed by atoms with E-state index in [1.807, 2.05) is 0 Å². The van der Waals surface area contributed by atoms with Crippen LogP contribution in [0.5, 0.6) is 11.5 Å². The second-order valence-corrected chi connectivity index (χ2v) is 3.04. The van der Waals surface area contributed by atoms with Gasteiger partial charge in [-0.15, -0.1) is 13.2 Å². The SMILES string of the molecule is O=CCCc1ccc(OC(F)(F)F)cc1O. The highest BCUT2D eigenvalue weighted by molar-refractivity contribution is 5.51. The Morgan fingerprint density at radius 2 is 2.06 bits per heavy atom. The molecule has 0 bridgehead atoms. The fourth-order valence-corrected chi connectivity index (χ4v) is 1.17. The predicted molar refractivity (Wildman–Crippen MR) is 49.2 cm³/mol. The molecule has 1 aromatic carbocycles. The van der Waals surface area contributed by atoms with Crippen LogP contribution < -0.4 is 4.74 Å². The van der Waals surface area contributed by atoms with Gasteiger partial charge in [0.15, 0.2) is 0 Å². The number of phenols is 1. The Kier molecular flexibility index (Phi) is 3.76. The van der Waals surface area contributed by atoms with Gasteiger partial charge in [0.05, 0.1) is 0 Å². The minimum Gasteiger partial charge on any atom is -0.508 e. The lowest BCUT2D eigenvalue weighted by atomic mass is 10.1. The number of rotatable bonds is 4. The molecule has 1 N–H and O–H groups in total. The summed E-state index contributed by atoms with van der Waals surface area (Å²) in [5.74, 6) is -0.802. The van der Waals surface area contributed by atoms with Crippen molar-refractivity contribution in [1.82, 2.24) is 0 Å². The summed E-state index contributed by atoms with van der Waals surface area (Å²) in [7, 11) is 0. The predicted octanol–water partition coefficient (Wildman–Crippen LogP) is 2.42.